The van der Waals surface area contributed by atoms with Gasteiger partial charge in [0.1, 0.15) is 0 Å². The molecule has 1 rings (SSSR count). The van der Waals surface area contributed by atoms with Crippen molar-refractivity contribution in [3.05, 3.63) is 22.7 Å². The summed E-state index contributed by atoms with van der Waals surface area (Å²) in [6.07, 6.45) is 2.14. The number of nitrogens with two attached hydrogens (primary N) is 1. The highest BCUT2D eigenvalue weighted by Crippen LogP contribution is 2.30. The van der Waals surface area contributed by atoms with Crippen LogP contribution < -0.4 is 11.1 Å². The van der Waals surface area contributed by atoms with E-state index in [0.29, 0.717) is 6.61 Å². The molecule has 0 spiro atoms. The van der Waals surface area contributed by atoms with Crippen LogP contribution in [0.5, 0.6) is 0 Å². The Morgan fingerprint density at radius 3 is 2.76 bits per heavy atom. The SMILES string of the molecule is CCCC(COC)Nc1c(N)ccc(Cl)c1C. The first kappa shape index (κ1) is 14.1. The van der Waals surface area contributed by atoms with Crippen LogP contribution in [0.2, 0.25) is 5.02 Å². The number of nitrogen functional groups attached to an aromatic ring is 1. The molecule has 1 atom stereocenters. The number of nitrogens with one attached hydrogen (secondary N) is 1. The third-order valence-electron chi connectivity index (χ3n) is 2.78. The van der Waals surface area contributed by atoms with E-state index in [1.807, 2.05) is 19.1 Å². The first-order valence-electron chi connectivity index (χ1n) is 5.90. The molecule has 0 saturated carbocycles. The smallest absolute Gasteiger partial charge is 0.0664 e. The van der Waals surface area contributed by atoms with E-state index >= 15 is 0 Å². The van der Waals surface area contributed by atoms with Gasteiger partial charge in [-0.3, -0.25) is 0 Å². The second-order valence-electron chi connectivity index (χ2n) is 4.22. The highest BCUT2D eigenvalue weighted by atomic mass is 35.5. The predicted octanol–water partition coefficient (Wildman–Crippen LogP) is 3.46. The van der Waals surface area contributed by atoms with Crippen LogP contribution in [0.4, 0.5) is 11.4 Å². The average Bonchev–Trinajstić information content (AvgIpc) is 2.30. The molecule has 17 heavy (non-hydrogen) atoms. The molecular formula is C13H21ClN2O. The highest BCUT2D eigenvalue weighted by molar-refractivity contribution is 6.31. The van der Waals surface area contributed by atoms with Crippen molar-refractivity contribution < 1.29 is 4.74 Å². The van der Waals surface area contributed by atoms with E-state index in [1.54, 1.807) is 7.11 Å². The van der Waals surface area contributed by atoms with Gasteiger partial charge in [0.05, 0.1) is 18.0 Å². The summed E-state index contributed by atoms with van der Waals surface area (Å²) >= 11 is 6.10. The molecule has 3 N–H and O–H groups in total. The molecular weight excluding hydrogens is 236 g/mol. The zero-order valence-electron chi connectivity index (χ0n) is 10.7. The van der Waals surface area contributed by atoms with Crippen molar-refractivity contribution in [1.82, 2.24) is 0 Å². The van der Waals surface area contributed by atoms with Crippen LogP contribution in [0, 0.1) is 6.92 Å². The summed E-state index contributed by atoms with van der Waals surface area (Å²) < 4.78 is 5.20. The van der Waals surface area contributed by atoms with E-state index in [0.717, 1.165) is 34.8 Å². The molecule has 96 valence electrons. The number of benzene rings is 1. The standard InChI is InChI=1S/C13H21ClN2O/c1-4-5-10(8-17-3)16-13-9(2)11(14)6-7-12(13)15/h6-7,10,16H,4-5,8,15H2,1-3H3. The normalized spacial score (nSPS) is 12.5. The van der Waals surface area contributed by atoms with Crippen molar-refractivity contribution in [2.75, 3.05) is 24.8 Å². The Morgan fingerprint density at radius 2 is 2.18 bits per heavy atom. The Bertz CT molecular complexity index is 363. The Hall–Kier alpha value is -0.930. The lowest BCUT2D eigenvalue weighted by Crippen LogP contribution is -2.25. The molecule has 0 heterocycles. The van der Waals surface area contributed by atoms with Crippen LogP contribution in [0.15, 0.2) is 12.1 Å². The van der Waals surface area contributed by atoms with Crippen LogP contribution in [-0.4, -0.2) is 19.8 Å². The molecule has 3 nitrogen and oxygen atoms in total. The first-order valence-corrected chi connectivity index (χ1v) is 6.28. The van der Waals surface area contributed by atoms with Crippen molar-refractivity contribution in [1.29, 1.82) is 0 Å². The predicted molar refractivity (Wildman–Crippen MR) is 74.8 cm³/mol. The molecule has 0 aromatic heterocycles. The summed E-state index contributed by atoms with van der Waals surface area (Å²) in [5.74, 6) is 0. The Morgan fingerprint density at radius 1 is 1.47 bits per heavy atom. The van der Waals surface area contributed by atoms with E-state index in [-0.39, 0.29) is 6.04 Å². The first-order chi connectivity index (χ1) is 8.10. The third kappa shape index (κ3) is 3.79. The highest BCUT2D eigenvalue weighted by Gasteiger charge is 2.12. The lowest BCUT2D eigenvalue weighted by molar-refractivity contribution is 0.182. The molecule has 0 aliphatic heterocycles. The summed E-state index contributed by atoms with van der Waals surface area (Å²) in [6.45, 7) is 4.79. The van der Waals surface area contributed by atoms with E-state index < -0.39 is 0 Å². The van der Waals surface area contributed by atoms with Gasteiger partial charge in [0.15, 0.2) is 0 Å². The lowest BCUT2D eigenvalue weighted by atomic mass is 10.1. The summed E-state index contributed by atoms with van der Waals surface area (Å²) in [6, 6.07) is 3.92. The number of ether oxygens (including phenoxy) is 1. The maximum Gasteiger partial charge on any atom is 0.0664 e. The van der Waals surface area contributed by atoms with E-state index in [4.69, 9.17) is 22.1 Å². The fourth-order valence-electron chi connectivity index (χ4n) is 1.85. The second-order valence-corrected chi connectivity index (χ2v) is 4.63. The Labute approximate surface area is 108 Å². The molecule has 1 unspecified atom stereocenters. The van der Waals surface area contributed by atoms with Gasteiger partial charge in [-0.2, -0.15) is 0 Å². The summed E-state index contributed by atoms with van der Waals surface area (Å²) in [4.78, 5) is 0. The van der Waals surface area contributed by atoms with Gasteiger partial charge < -0.3 is 15.8 Å². The van der Waals surface area contributed by atoms with Gasteiger partial charge in [-0.1, -0.05) is 24.9 Å². The van der Waals surface area contributed by atoms with Crippen LogP contribution in [0.25, 0.3) is 0 Å². The fraction of sp³-hybridized carbons (Fsp3) is 0.538. The van der Waals surface area contributed by atoms with E-state index in [9.17, 15) is 0 Å². The molecule has 0 fully saturated rings. The van der Waals surface area contributed by atoms with Crippen LogP contribution in [0.1, 0.15) is 25.3 Å². The third-order valence-corrected chi connectivity index (χ3v) is 3.19. The number of rotatable bonds is 6. The monoisotopic (exact) mass is 256 g/mol. The van der Waals surface area contributed by atoms with Crippen LogP contribution >= 0.6 is 11.6 Å². The molecule has 1 aromatic rings. The number of anilines is 2. The molecule has 4 heteroatoms. The number of halogens is 1. The summed E-state index contributed by atoms with van der Waals surface area (Å²) in [7, 11) is 1.71. The number of hydrogen-bond acceptors (Lipinski definition) is 3. The molecule has 0 amide bonds. The number of hydrogen-bond donors (Lipinski definition) is 2. The Kier molecular flexibility index (Phi) is 5.59. The van der Waals surface area contributed by atoms with Gasteiger partial charge >= 0.3 is 0 Å². The minimum absolute atomic E-state index is 0.268. The quantitative estimate of drug-likeness (QED) is 0.767. The van der Waals surface area contributed by atoms with Crippen molar-refractivity contribution in [2.24, 2.45) is 0 Å². The largest absolute Gasteiger partial charge is 0.397 e. The zero-order valence-corrected chi connectivity index (χ0v) is 11.5. The summed E-state index contributed by atoms with van der Waals surface area (Å²) in [5, 5.41) is 4.15. The maximum atomic E-state index is 6.10. The van der Waals surface area contributed by atoms with Gasteiger partial charge in [-0.15, -0.1) is 0 Å². The van der Waals surface area contributed by atoms with Gasteiger partial charge in [0, 0.05) is 18.2 Å². The fourth-order valence-corrected chi connectivity index (χ4v) is 2.01. The maximum absolute atomic E-state index is 6.10. The molecule has 0 bridgehead atoms. The molecule has 0 aliphatic carbocycles. The van der Waals surface area contributed by atoms with Gasteiger partial charge in [0.2, 0.25) is 0 Å². The van der Waals surface area contributed by atoms with E-state index in [1.165, 1.54) is 0 Å². The topological polar surface area (TPSA) is 47.3 Å². The van der Waals surface area contributed by atoms with Gasteiger partial charge in [-0.05, 0) is 31.0 Å². The Balaban J connectivity index is 2.88. The summed E-state index contributed by atoms with van der Waals surface area (Å²) in [5.41, 5.74) is 8.61. The molecule has 0 radical (unpaired) electrons. The average molecular weight is 257 g/mol. The van der Waals surface area contributed by atoms with Crippen LogP contribution in [-0.2, 0) is 4.74 Å². The van der Waals surface area contributed by atoms with Crippen molar-refractivity contribution in [3.63, 3.8) is 0 Å². The van der Waals surface area contributed by atoms with Crippen LogP contribution in [0.3, 0.4) is 0 Å². The lowest BCUT2D eigenvalue weighted by Gasteiger charge is -2.21. The van der Waals surface area contributed by atoms with Crippen molar-refractivity contribution in [3.8, 4) is 0 Å². The minimum Gasteiger partial charge on any atom is -0.397 e. The molecule has 1 aromatic carbocycles. The molecule has 0 aliphatic rings. The zero-order chi connectivity index (χ0) is 12.8. The van der Waals surface area contributed by atoms with Gasteiger partial charge in [-0.25, -0.2) is 0 Å². The van der Waals surface area contributed by atoms with Crippen molar-refractivity contribution >= 4 is 23.0 Å². The minimum atomic E-state index is 0.268. The second kappa shape index (κ2) is 6.72. The van der Waals surface area contributed by atoms with Gasteiger partial charge in [0.25, 0.3) is 0 Å². The molecule has 0 saturated heterocycles. The van der Waals surface area contributed by atoms with E-state index in [2.05, 4.69) is 12.2 Å². The number of methoxy groups -OCH3 is 1. The van der Waals surface area contributed by atoms with Crippen molar-refractivity contribution in [2.45, 2.75) is 32.7 Å².